The summed E-state index contributed by atoms with van der Waals surface area (Å²) in [6.45, 7) is 5.28. The van der Waals surface area contributed by atoms with Crippen LogP contribution >= 0.6 is 0 Å². The lowest BCUT2D eigenvalue weighted by molar-refractivity contribution is -0.122. The molecule has 2 aromatic carbocycles. The molecule has 2 atom stereocenters. The molecule has 0 aromatic heterocycles. The first kappa shape index (κ1) is 22.5. The van der Waals surface area contributed by atoms with Crippen LogP contribution in [0.25, 0.3) is 0 Å². The van der Waals surface area contributed by atoms with E-state index >= 15 is 0 Å². The fourth-order valence-corrected chi connectivity index (χ4v) is 4.26. The molecule has 0 aliphatic rings. The standard InChI is InChI=1S/C21H28N2O5S/c1-14-7-9-17(10-8-14)23(29(6,25)26)16(3)21(24)22-15(2)19-13-18(27-4)11-12-20(19)28-5/h7-13,15-16H,1-6H3,(H,22,24)/t15-,16+/m1/s1. The quantitative estimate of drug-likeness (QED) is 0.710. The molecule has 1 amide bonds. The Morgan fingerprint density at radius 2 is 1.66 bits per heavy atom. The van der Waals surface area contributed by atoms with E-state index in [0.29, 0.717) is 17.2 Å². The highest BCUT2D eigenvalue weighted by Gasteiger charge is 2.30. The molecule has 0 radical (unpaired) electrons. The number of anilines is 1. The predicted octanol–water partition coefficient (Wildman–Crippen LogP) is 3.04. The normalized spacial score (nSPS) is 13.3. The molecular weight excluding hydrogens is 392 g/mol. The van der Waals surface area contributed by atoms with Gasteiger partial charge in [-0.3, -0.25) is 9.10 Å². The summed E-state index contributed by atoms with van der Waals surface area (Å²) in [5, 5.41) is 2.88. The Morgan fingerprint density at radius 1 is 1.03 bits per heavy atom. The van der Waals surface area contributed by atoms with Crippen molar-refractivity contribution in [2.45, 2.75) is 32.9 Å². The van der Waals surface area contributed by atoms with Gasteiger partial charge in [-0.05, 0) is 51.1 Å². The van der Waals surface area contributed by atoms with E-state index in [-0.39, 0.29) is 0 Å². The predicted molar refractivity (Wildman–Crippen MR) is 114 cm³/mol. The number of nitrogens with one attached hydrogen (secondary N) is 1. The molecule has 29 heavy (non-hydrogen) atoms. The van der Waals surface area contributed by atoms with Gasteiger partial charge in [-0.25, -0.2) is 8.42 Å². The zero-order chi connectivity index (χ0) is 21.8. The summed E-state index contributed by atoms with van der Waals surface area (Å²) in [5.74, 6) is 0.811. The molecule has 8 heteroatoms. The second kappa shape index (κ2) is 9.17. The van der Waals surface area contributed by atoms with Crippen molar-refractivity contribution in [2.75, 3.05) is 24.8 Å². The number of hydrogen-bond donors (Lipinski definition) is 1. The second-order valence-corrected chi connectivity index (χ2v) is 8.77. The lowest BCUT2D eigenvalue weighted by atomic mass is 10.1. The minimum absolute atomic E-state index is 0.422. The van der Waals surface area contributed by atoms with Crippen LogP contribution in [0.1, 0.15) is 31.0 Å². The maximum atomic E-state index is 12.9. The molecule has 0 saturated heterocycles. The van der Waals surface area contributed by atoms with Gasteiger partial charge in [-0.2, -0.15) is 0 Å². The third kappa shape index (κ3) is 5.41. The SMILES string of the molecule is COc1ccc(OC)c([C@@H](C)NC(=O)[C@H](C)N(c2ccc(C)cc2)S(C)(=O)=O)c1. The van der Waals surface area contributed by atoms with E-state index in [0.717, 1.165) is 21.7 Å². The summed E-state index contributed by atoms with van der Waals surface area (Å²) in [6, 6.07) is 10.9. The van der Waals surface area contributed by atoms with Crippen LogP contribution in [0.4, 0.5) is 5.69 Å². The van der Waals surface area contributed by atoms with E-state index in [4.69, 9.17) is 9.47 Å². The molecule has 0 unspecified atom stereocenters. The molecule has 0 fully saturated rings. The van der Waals surface area contributed by atoms with Gasteiger partial charge in [-0.15, -0.1) is 0 Å². The first-order chi connectivity index (χ1) is 13.6. The molecular formula is C21H28N2O5S. The van der Waals surface area contributed by atoms with E-state index in [9.17, 15) is 13.2 Å². The molecule has 0 heterocycles. The Morgan fingerprint density at radius 3 is 2.17 bits per heavy atom. The summed E-state index contributed by atoms with van der Waals surface area (Å²) in [7, 11) is -0.566. The van der Waals surface area contributed by atoms with Gasteiger partial charge in [0.25, 0.3) is 0 Å². The number of benzene rings is 2. The first-order valence-electron chi connectivity index (χ1n) is 9.16. The maximum absolute atomic E-state index is 12.9. The van der Waals surface area contributed by atoms with Crippen LogP contribution in [0.15, 0.2) is 42.5 Å². The van der Waals surface area contributed by atoms with Crippen molar-refractivity contribution in [1.29, 1.82) is 0 Å². The number of hydrogen-bond acceptors (Lipinski definition) is 5. The number of sulfonamides is 1. The molecule has 0 bridgehead atoms. The zero-order valence-corrected chi connectivity index (χ0v) is 18.4. The van der Waals surface area contributed by atoms with Gasteiger partial charge < -0.3 is 14.8 Å². The molecule has 7 nitrogen and oxygen atoms in total. The van der Waals surface area contributed by atoms with E-state index in [1.165, 1.54) is 0 Å². The van der Waals surface area contributed by atoms with Crippen molar-refractivity contribution in [3.8, 4) is 11.5 Å². The van der Waals surface area contributed by atoms with Crippen molar-refractivity contribution in [3.05, 3.63) is 53.6 Å². The summed E-state index contributed by atoms with van der Waals surface area (Å²) < 4.78 is 36.6. The number of nitrogens with zero attached hydrogens (tertiary/aromatic N) is 1. The Balaban J connectivity index is 2.29. The van der Waals surface area contributed by atoms with E-state index in [1.807, 2.05) is 19.1 Å². The number of carbonyl (C=O) groups excluding carboxylic acids is 1. The molecule has 0 spiro atoms. The van der Waals surface area contributed by atoms with Gasteiger partial charge in [0.15, 0.2) is 0 Å². The summed E-state index contributed by atoms with van der Waals surface area (Å²) in [5.41, 5.74) is 2.17. The lowest BCUT2D eigenvalue weighted by Gasteiger charge is -2.29. The van der Waals surface area contributed by atoms with Crippen molar-refractivity contribution in [2.24, 2.45) is 0 Å². The third-order valence-electron chi connectivity index (χ3n) is 4.64. The number of amides is 1. The number of carbonyl (C=O) groups is 1. The van der Waals surface area contributed by atoms with E-state index in [2.05, 4.69) is 5.32 Å². The van der Waals surface area contributed by atoms with Crippen LogP contribution in [0.2, 0.25) is 0 Å². The third-order valence-corrected chi connectivity index (χ3v) is 5.88. The minimum Gasteiger partial charge on any atom is -0.497 e. The van der Waals surface area contributed by atoms with Crippen LogP contribution in [0, 0.1) is 6.92 Å². The van der Waals surface area contributed by atoms with Gasteiger partial charge in [-0.1, -0.05) is 17.7 Å². The smallest absolute Gasteiger partial charge is 0.244 e. The van der Waals surface area contributed by atoms with Crippen LogP contribution in [0.3, 0.4) is 0 Å². The van der Waals surface area contributed by atoms with Gasteiger partial charge in [0.2, 0.25) is 15.9 Å². The van der Waals surface area contributed by atoms with Crippen LogP contribution in [-0.2, 0) is 14.8 Å². The summed E-state index contributed by atoms with van der Waals surface area (Å²) >= 11 is 0. The van der Waals surface area contributed by atoms with E-state index in [1.54, 1.807) is 58.4 Å². The molecule has 158 valence electrons. The largest absolute Gasteiger partial charge is 0.497 e. The molecule has 0 aliphatic heterocycles. The van der Waals surface area contributed by atoms with Crippen molar-refractivity contribution in [3.63, 3.8) is 0 Å². The number of ether oxygens (including phenoxy) is 2. The summed E-state index contributed by atoms with van der Waals surface area (Å²) in [6.07, 6.45) is 1.09. The van der Waals surface area contributed by atoms with Gasteiger partial charge in [0.05, 0.1) is 32.2 Å². The van der Waals surface area contributed by atoms with Crippen LogP contribution in [-0.4, -0.2) is 40.8 Å². The topological polar surface area (TPSA) is 84.9 Å². The number of rotatable bonds is 8. The Labute approximate surface area is 172 Å². The van der Waals surface area contributed by atoms with Crippen molar-refractivity contribution < 1.29 is 22.7 Å². The Bertz CT molecular complexity index is 958. The molecule has 1 N–H and O–H groups in total. The van der Waals surface area contributed by atoms with Crippen molar-refractivity contribution >= 4 is 21.6 Å². The molecule has 2 aromatic rings. The fourth-order valence-electron chi connectivity index (χ4n) is 3.09. The Hall–Kier alpha value is -2.74. The molecule has 2 rings (SSSR count). The average Bonchev–Trinajstić information content (AvgIpc) is 2.67. The van der Waals surface area contributed by atoms with E-state index < -0.39 is 28.0 Å². The average molecular weight is 421 g/mol. The highest BCUT2D eigenvalue weighted by atomic mass is 32.2. The Kier molecular flexibility index (Phi) is 7.13. The van der Waals surface area contributed by atoms with Crippen LogP contribution in [0.5, 0.6) is 11.5 Å². The summed E-state index contributed by atoms with van der Waals surface area (Å²) in [4.78, 5) is 12.9. The van der Waals surface area contributed by atoms with Crippen molar-refractivity contribution in [1.82, 2.24) is 5.32 Å². The monoisotopic (exact) mass is 420 g/mol. The van der Waals surface area contributed by atoms with Gasteiger partial charge >= 0.3 is 0 Å². The lowest BCUT2D eigenvalue weighted by Crippen LogP contribution is -2.48. The second-order valence-electron chi connectivity index (χ2n) is 6.91. The number of methoxy groups -OCH3 is 2. The molecule has 0 saturated carbocycles. The minimum atomic E-state index is -3.67. The highest BCUT2D eigenvalue weighted by Crippen LogP contribution is 2.29. The van der Waals surface area contributed by atoms with Crippen LogP contribution < -0.4 is 19.1 Å². The van der Waals surface area contributed by atoms with Gasteiger partial charge in [0.1, 0.15) is 17.5 Å². The zero-order valence-electron chi connectivity index (χ0n) is 17.6. The highest BCUT2D eigenvalue weighted by molar-refractivity contribution is 7.92. The maximum Gasteiger partial charge on any atom is 0.244 e. The fraction of sp³-hybridized carbons (Fsp3) is 0.381. The molecule has 0 aliphatic carbocycles. The first-order valence-corrected chi connectivity index (χ1v) is 11.0. The number of aryl methyl sites for hydroxylation is 1. The van der Waals surface area contributed by atoms with Gasteiger partial charge in [0, 0.05) is 5.56 Å².